The van der Waals surface area contributed by atoms with Crippen LogP contribution in [-0.4, -0.2) is 29.9 Å². The average Bonchev–Trinajstić information content (AvgIpc) is 3.10. The molecule has 29 heavy (non-hydrogen) atoms. The number of benzene rings is 2. The van der Waals surface area contributed by atoms with Crippen LogP contribution in [0.25, 0.3) is 10.9 Å². The highest BCUT2D eigenvalue weighted by molar-refractivity contribution is 9.10. The van der Waals surface area contributed by atoms with Crippen LogP contribution in [0.3, 0.4) is 0 Å². The summed E-state index contributed by atoms with van der Waals surface area (Å²) in [5.41, 5.74) is 1.38. The quantitative estimate of drug-likeness (QED) is 0.543. The molecule has 1 aliphatic rings. The summed E-state index contributed by atoms with van der Waals surface area (Å²) in [6.07, 6.45) is -2.59. The second-order valence-electron chi connectivity index (χ2n) is 7.46. The zero-order chi connectivity index (χ0) is 20.5. The molecule has 2 aromatic carbocycles. The first kappa shape index (κ1) is 20.4. The number of H-pyrrole nitrogens is 1. The maximum atomic E-state index is 13.3. The fourth-order valence-electron chi connectivity index (χ4n) is 4.01. The van der Waals surface area contributed by atoms with E-state index in [9.17, 15) is 13.2 Å². The molecule has 0 bridgehead atoms. The van der Waals surface area contributed by atoms with Crippen molar-refractivity contribution in [2.24, 2.45) is 0 Å². The number of nitrogens with zero attached hydrogens (tertiary/aromatic N) is 1. The minimum Gasteiger partial charge on any atom is -0.376 e. The number of nitrogens with one attached hydrogen (secondary N) is 2. The second kappa shape index (κ2) is 8.08. The number of alkyl halides is 3. The fourth-order valence-corrected chi connectivity index (χ4v) is 4.41. The molecule has 0 saturated carbocycles. The number of fused-ring (bicyclic) bond motifs is 1. The number of ether oxygens (including phenoxy) is 1. The molecule has 4 rings (SSSR count). The summed E-state index contributed by atoms with van der Waals surface area (Å²) in [7, 11) is 0. The Morgan fingerprint density at radius 1 is 1.10 bits per heavy atom. The van der Waals surface area contributed by atoms with E-state index in [0.29, 0.717) is 27.7 Å². The van der Waals surface area contributed by atoms with Crippen LogP contribution in [-0.2, 0) is 22.9 Å². The number of halogens is 4. The first-order valence-corrected chi connectivity index (χ1v) is 10.3. The summed E-state index contributed by atoms with van der Waals surface area (Å²) >= 11 is 3.21. The highest BCUT2D eigenvalue weighted by Gasteiger charge is 2.35. The zero-order valence-electron chi connectivity index (χ0n) is 15.7. The lowest BCUT2D eigenvalue weighted by Gasteiger charge is -2.38. The number of rotatable bonds is 5. The van der Waals surface area contributed by atoms with Gasteiger partial charge in [0.05, 0.1) is 24.3 Å². The molecular weight excluding hydrogens is 447 g/mol. The summed E-state index contributed by atoms with van der Waals surface area (Å²) in [5.74, 6) is 0. The van der Waals surface area contributed by atoms with E-state index in [-0.39, 0.29) is 12.0 Å². The van der Waals surface area contributed by atoms with Crippen molar-refractivity contribution in [2.75, 3.05) is 19.7 Å². The molecule has 2 N–H and O–H groups in total. The molecule has 0 aliphatic carbocycles. The third-order valence-corrected chi connectivity index (χ3v) is 6.22. The van der Waals surface area contributed by atoms with E-state index in [4.69, 9.17) is 4.74 Å². The van der Waals surface area contributed by atoms with E-state index < -0.39 is 11.7 Å². The monoisotopic (exact) mass is 467 g/mol. The van der Waals surface area contributed by atoms with Crippen molar-refractivity contribution < 1.29 is 17.9 Å². The van der Waals surface area contributed by atoms with Crippen molar-refractivity contribution in [3.8, 4) is 0 Å². The highest BCUT2D eigenvalue weighted by atomic mass is 79.9. The molecule has 0 unspecified atom stereocenters. The minimum absolute atomic E-state index is 0.0804. The SMILES string of the molecule is FC(F)(F)c1cc(COCC2(c3ccccc3)CCNCC2)c2[nH]nc(Br)c2c1. The molecule has 3 aromatic rings. The highest BCUT2D eigenvalue weighted by Crippen LogP contribution is 2.37. The Labute approximate surface area is 175 Å². The van der Waals surface area contributed by atoms with Gasteiger partial charge in [0.15, 0.2) is 0 Å². The van der Waals surface area contributed by atoms with Crippen LogP contribution < -0.4 is 5.32 Å². The van der Waals surface area contributed by atoms with Crippen LogP contribution >= 0.6 is 15.9 Å². The van der Waals surface area contributed by atoms with E-state index in [1.165, 1.54) is 5.56 Å². The Morgan fingerprint density at radius 2 is 1.83 bits per heavy atom. The third-order valence-electron chi connectivity index (χ3n) is 5.62. The Kier molecular flexibility index (Phi) is 5.68. The van der Waals surface area contributed by atoms with Crippen LogP contribution in [0.5, 0.6) is 0 Å². The van der Waals surface area contributed by atoms with Gasteiger partial charge in [0.1, 0.15) is 4.60 Å². The predicted octanol–water partition coefficient (Wildman–Crippen LogP) is 5.18. The summed E-state index contributed by atoms with van der Waals surface area (Å²) in [4.78, 5) is 0. The van der Waals surface area contributed by atoms with Crippen molar-refractivity contribution in [1.82, 2.24) is 15.5 Å². The minimum atomic E-state index is -4.43. The van der Waals surface area contributed by atoms with Gasteiger partial charge in [-0.3, -0.25) is 5.10 Å². The topological polar surface area (TPSA) is 49.9 Å². The van der Waals surface area contributed by atoms with E-state index in [1.807, 2.05) is 18.2 Å². The number of aromatic amines is 1. The van der Waals surface area contributed by atoms with Crippen molar-refractivity contribution >= 4 is 26.8 Å². The third kappa shape index (κ3) is 4.20. The van der Waals surface area contributed by atoms with Crippen LogP contribution in [0, 0.1) is 0 Å². The van der Waals surface area contributed by atoms with Gasteiger partial charge in [-0.05, 0) is 59.6 Å². The van der Waals surface area contributed by atoms with E-state index >= 15 is 0 Å². The van der Waals surface area contributed by atoms with Crippen LogP contribution in [0.15, 0.2) is 47.1 Å². The van der Waals surface area contributed by atoms with E-state index in [1.54, 1.807) is 0 Å². The van der Waals surface area contributed by atoms with Gasteiger partial charge in [-0.25, -0.2) is 0 Å². The number of hydrogen-bond acceptors (Lipinski definition) is 3. The maximum Gasteiger partial charge on any atom is 0.416 e. The van der Waals surface area contributed by atoms with Crippen molar-refractivity contribution in [3.05, 3.63) is 63.8 Å². The van der Waals surface area contributed by atoms with Crippen molar-refractivity contribution in [3.63, 3.8) is 0 Å². The molecule has 1 aromatic heterocycles. The molecule has 1 aliphatic heterocycles. The summed E-state index contributed by atoms with van der Waals surface area (Å²) in [5, 5.41) is 10.6. The average molecular weight is 468 g/mol. The lowest BCUT2D eigenvalue weighted by Crippen LogP contribution is -2.43. The Morgan fingerprint density at radius 3 is 2.52 bits per heavy atom. The number of aromatic nitrogens is 2. The lowest BCUT2D eigenvalue weighted by molar-refractivity contribution is -0.137. The molecular formula is C21H21BrF3N3O. The molecule has 0 atom stereocenters. The molecule has 0 spiro atoms. The number of hydrogen-bond donors (Lipinski definition) is 2. The molecule has 1 saturated heterocycles. The Bertz CT molecular complexity index is 982. The van der Waals surface area contributed by atoms with Gasteiger partial charge in [0.2, 0.25) is 0 Å². The van der Waals surface area contributed by atoms with Gasteiger partial charge in [0, 0.05) is 16.4 Å². The van der Waals surface area contributed by atoms with Gasteiger partial charge in [-0.1, -0.05) is 30.3 Å². The summed E-state index contributed by atoms with van der Waals surface area (Å²) < 4.78 is 46.4. The van der Waals surface area contributed by atoms with Crippen LogP contribution in [0.2, 0.25) is 0 Å². The Hall–Kier alpha value is -1.90. The Balaban J connectivity index is 1.59. The van der Waals surface area contributed by atoms with Gasteiger partial charge in [-0.2, -0.15) is 18.3 Å². The van der Waals surface area contributed by atoms with Crippen molar-refractivity contribution in [2.45, 2.75) is 31.0 Å². The fraction of sp³-hybridized carbons (Fsp3) is 0.381. The maximum absolute atomic E-state index is 13.3. The molecule has 2 heterocycles. The molecule has 0 amide bonds. The second-order valence-corrected chi connectivity index (χ2v) is 8.21. The van der Waals surface area contributed by atoms with Gasteiger partial charge in [-0.15, -0.1) is 0 Å². The molecule has 0 radical (unpaired) electrons. The molecule has 4 nitrogen and oxygen atoms in total. The largest absolute Gasteiger partial charge is 0.416 e. The normalized spacial score (nSPS) is 17.0. The van der Waals surface area contributed by atoms with Gasteiger partial charge >= 0.3 is 6.18 Å². The number of piperidine rings is 1. The molecule has 1 fully saturated rings. The standard InChI is InChI=1S/C21H21BrF3N3O/c22-19-17-11-16(21(23,24)25)10-14(18(17)27-28-19)12-29-13-20(6-8-26-9-7-20)15-4-2-1-3-5-15/h1-5,10-11,26H,6-9,12-13H2,(H,27,28). The van der Waals surface area contributed by atoms with Crippen LogP contribution in [0.1, 0.15) is 29.5 Å². The van der Waals surface area contributed by atoms with E-state index in [2.05, 4.69) is 43.6 Å². The first-order valence-electron chi connectivity index (χ1n) is 9.47. The predicted molar refractivity (Wildman–Crippen MR) is 109 cm³/mol. The summed E-state index contributed by atoms with van der Waals surface area (Å²) in [6.45, 7) is 2.31. The smallest absolute Gasteiger partial charge is 0.376 e. The van der Waals surface area contributed by atoms with E-state index in [0.717, 1.165) is 38.1 Å². The summed E-state index contributed by atoms with van der Waals surface area (Å²) in [6, 6.07) is 12.4. The van der Waals surface area contributed by atoms with Crippen LogP contribution in [0.4, 0.5) is 13.2 Å². The van der Waals surface area contributed by atoms with Crippen molar-refractivity contribution in [1.29, 1.82) is 0 Å². The lowest BCUT2D eigenvalue weighted by atomic mass is 9.74. The molecule has 8 heteroatoms. The van der Waals surface area contributed by atoms with Gasteiger partial charge in [0.25, 0.3) is 0 Å². The molecule has 154 valence electrons. The van der Waals surface area contributed by atoms with Gasteiger partial charge < -0.3 is 10.1 Å². The first-order chi connectivity index (χ1) is 13.9. The zero-order valence-corrected chi connectivity index (χ0v) is 17.2.